The topological polar surface area (TPSA) is 67.4 Å². The maximum atomic E-state index is 12.2. The van der Waals surface area contributed by atoms with Crippen molar-refractivity contribution < 1.29 is 13.2 Å². The molecule has 1 aliphatic heterocycles. The zero-order chi connectivity index (χ0) is 14.4. The van der Waals surface area contributed by atoms with Gasteiger partial charge in [-0.05, 0) is 31.5 Å². The van der Waals surface area contributed by atoms with Gasteiger partial charge < -0.3 is 10.1 Å². The minimum Gasteiger partial charge on any atom is -0.495 e. The summed E-state index contributed by atoms with van der Waals surface area (Å²) < 4.78 is 32.2. The van der Waals surface area contributed by atoms with E-state index in [-0.39, 0.29) is 4.90 Å². The number of benzene rings is 1. The Morgan fingerprint density at radius 3 is 2.85 bits per heavy atom. The molecule has 0 aliphatic carbocycles. The van der Waals surface area contributed by atoms with Gasteiger partial charge in [0.25, 0.3) is 0 Å². The van der Waals surface area contributed by atoms with Crippen LogP contribution in [0.1, 0.15) is 12.8 Å². The monoisotopic (exact) mass is 296 g/mol. The minimum atomic E-state index is -3.52. The summed E-state index contributed by atoms with van der Waals surface area (Å²) in [6, 6.07) is 6.62. The average molecular weight is 296 g/mol. The van der Waals surface area contributed by atoms with Crippen LogP contribution in [-0.4, -0.2) is 35.2 Å². The molecule has 0 unspecified atom stereocenters. The fraction of sp³-hybridized carbons (Fsp3) is 0.429. The maximum Gasteiger partial charge on any atom is 0.244 e. The largest absolute Gasteiger partial charge is 0.495 e. The highest BCUT2D eigenvalue weighted by atomic mass is 32.2. The molecule has 110 valence electrons. The number of nitrogens with one attached hydrogen (secondary N) is 2. The quantitative estimate of drug-likeness (QED) is 0.776. The van der Waals surface area contributed by atoms with Crippen molar-refractivity contribution in [2.45, 2.75) is 17.7 Å². The van der Waals surface area contributed by atoms with Crippen LogP contribution < -0.4 is 14.8 Å². The molecule has 0 saturated heterocycles. The van der Waals surface area contributed by atoms with E-state index in [0.29, 0.717) is 12.3 Å². The minimum absolute atomic E-state index is 0.182. The van der Waals surface area contributed by atoms with Gasteiger partial charge >= 0.3 is 0 Å². The third-order valence-electron chi connectivity index (χ3n) is 3.25. The number of rotatable bonds is 6. The van der Waals surface area contributed by atoms with Crippen molar-refractivity contribution in [3.05, 3.63) is 35.9 Å². The average Bonchev–Trinajstić information content (AvgIpc) is 2.48. The van der Waals surface area contributed by atoms with E-state index < -0.39 is 10.0 Å². The number of hydrogen-bond donors (Lipinski definition) is 2. The lowest BCUT2D eigenvalue weighted by atomic mass is 10.1. The van der Waals surface area contributed by atoms with E-state index in [1.165, 1.54) is 12.7 Å². The predicted molar refractivity (Wildman–Crippen MR) is 78.4 cm³/mol. The molecule has 1 aromatic rings. The van der Waals surface area contributed by atoms with Crippen LogP contribution in [0.25, 0.3) is 0 Å². The molecule has 0 fully saturated rings. The van der Waals surface area contributed by atoms with Gasteiger partial charge in [-0.15, -0.1) is 0 Å². The molecule has 0 amide bonds. The van der Waals surface area contributed by atoms with Crippen LogP contribution in [0.3, 0.4) is 0 Å². The Morgan fingerprint density at radius 1 is 1.35 bits per heavy atom. The maximum absolute atomic E-state index is 12.2. The van der Waals surface area contributed by atoms with Gasteiger partial charge in [0.2, 0.25) is 10.0 Å². The SMILES string of the molecule is COc1ccccc1S(=O)(=O)NCCC1=CCNCC1. The molecule has 2 N–H and O–H groups in total. The second-order valence-electron chi connectivity index (χ2n) is 4.62. The zero-order valence-corrected chi connectivity index (χ0v) is 12.4. The summed E-state index contributed by atoms with van der Waals surface area (Å²) >= 11 is 0. The summed E-state index contributed by atoms with van der Waals surface area (Å²) in [4.78, 5) is 0.182. The first-order valence-corrected chi connectivity index (χ1v) is 8.13. The second kappa shape index (κ2) is 6.88. The molecule has 6 heteroatoms. The Balaban J connectivity index is 1.98. The summed E-state index contributed by atoms with van der Waals surface area (Å²) in [5.74, 6) is 0.362. The van der Waals surface area contributed by atoms with Crippen molar-refractivity contribution >= 4 is 10.0 Å². The van der Waals surface area contributed by atoms with Crippen LogP contribution >= 0.6 is 0 Å². The Bertz CT molecular complexity index is 582. The third kappa shape index (κ3) is 3.82. The highest BCUT2D eigenvalue weighted by molar-refractivity contribution is 7.89. The van der Waals surface area contributed by atoms with E-state index in [0.717, 1.165) is 25.9 Å². The highest BCUT2D eigenvalue weighted by Gasteiger charge is 2.18. The Labute approximate surface area is 120 Å². The van der Waals surface area contributed by atoms with E-state index in [9.17, 15) is 8.42 Å². The van der Waals surface area contributed by atoms with Gasteiger partial charge in [0.05, 0.1) is 7.11 Å². The van der Waals surface area contributed by atoms with Crippen molar-refractivity contribution in [1.29, 1.82) is 0 Å². The predicted octanol–water partition coefficient (Wildman–Crippen LogP) is 1.28. The van der Waals surface area contributed by atoms with E-state index in [1.807, 2.05) is 0 Å². The molecule has 5 nitrogen and oxygen atoms in total. The van der Waals surface area contributed by atoms with E-state index in [2.05, 4.69) is 16.1 Å². The number of hydrogen-bond acceptors (Lipinski definition) is 4. The third-order valence-corrected chi connectivity index (χ3v) is 4.76. The molecule has 0 atom stereocenters. The molecule has 0 bridgehead atoms. The fourth-order valence-corrected chi connectivity index (χ4v) is 3.36. The Kier molecular flexibility index (Phi) is 5.17. The van der Waals surface area contributed by atoms with Gasteiger partial charge in [0.15, 0.2) is 0 Å². The number of sulfonamides is 1. The van der Waals surface area contributed by atoms with Crippen molar-refractivity contribution in [1.82, 2.24) is 10.0 Å². The molecule has 20 heavy (non-hydrogen) atoms. The summed E-state index contributed by atoms with van der Waals surface area (Å²) in [7, 11) is -2.06. The van der Waals surface area contributed by atoms with Gasteiger partial charge in [-0.3, -0.25) is 0 Å². The lowest BCUT2D eigenvalue weighted by molar-refractivity contribution is 0.402. The van der Waals surface area contributed by atoms with Crippen LogP contribution in [0.5, 0.6) is 5.75 Å². The molecular formula is C14H20N2O3S. The summed E-state index contributed by atoms with van der Waals surface area (Å²) in [6.07, 6.45) is 3.85. The smallest absolute Gasteiger partial charge is 0.244 e. The van der Waals surface area contributed by atoms with Crippen molar-refractivity contribution in [3.63, 3.8) is 0 Å². The lowest BCUT2D eigenvalue weighted by Gasteiger charge is -2.15. The molecule has 0 radical (unpaired) electrons. The van der Waals surface area contributed by atoms with Crippen LogP contribution in [0.2, 0.25) is 0 Å². The first-order valence-electron chi connectivity index (χ1n) is 6.65. The van der Waals surface area contributed by atoms with Gasteiger partial charge in [-0.1, -0.05) is 23.8 Å². The lowest BCUT2D eigenvalue weighted by Crippen LogP contribution is -2.27. The number of para-hydroxylation sites is 1. The molecule has 1 aromatic carbocycles. The second-order valence-corrected chi connectivity index (χ2v) is 6.35. The van der Waals surface area contributed by atoms with Crippen LogP contribution in [-0.2, 0) is 10.0 Å². The number of ether oxygens (including phenoxy) is 1. The molecule has 2 rings (SSSR count). The van der Waals surface area contributed by atoms with Gasteiger partial charge in [-0.2, -0.15) is 0 Å². The van der Waals surface area contributed by atoms with E-state index in [4.69, 9.17) is 4.74 Å². The number of methoxy groups -OCH3 is 1. The normalized spacial score (nSPS) is 15.8. The first kappa shape index (κ1) is 15.0. The van der Waals surface area contributed by atoms with Crippen molar-refractivity contribution in [2.24, 2.45) is 0 Å². The molecule has 0 spiro atoms. The Hall–Kier alpha value is -1.37. The van der Waals surface area contributed by atoms with E-state index >= 15 is 0 Å². The van der Waals surface area contributed by atoms with Crippen LogP contribution in [0, 0.1) is 0 Å². The molecule has 1 aliphatic rings. The van der Waals surface area contributed by atoms with E-state index in [1.54, 1.807) is 24.3 Å². The summed E-state index contributed by atoms with van der Waals surface area (Å²) in [5.41, 5.74) is 1.30. The van der Waals surface area contributed by atoms with Gasteiger partial charge in [0, 0.05) is 13.1 Å². The fourth-order valence-electron chi connectivity index (χ4n) is 2.16. The molecular weight excluding hydrogens is 276 g/mol. The standard InChI is InChI=1S/C14H20N2O3S/c1-19-13-4-2-3-5-14(13)20(17,18)16-11-8-12-6-9-15-10-7-12/h2-6,15-16H,7-11H2,1H3. The van der Waals surface area contributed by atoms with Crippen molar-refractivity contribution in [3.8, 4) is 5.75 Å². The van der Waals surface area contributed by atoms with Crippen molar-refractivity contribution in [2.75, 3.05) is 26.7 Å². The van der Waals surface area contributed by atoms with Gasteiger partial charge in [-0.25, -0.2) is 13.1 Å². The van der Waals surface area contributed by atoms with Crippen LogP contribution in [0.15, 0.2) is 40.8 Å². The molecule has 0 aromatic heterocycles. The zero-order valence-electron chi connectivity index (χ0n) is 11.6. The van der Waals surface area contributed by atoms with Crippen LogP contribution in [0.4, 0.5) is 0 Å². The molecule has 0 saturated carbocycles. The Morgan fingerprint density at radius 2 is 2.15 bits per heavy atom. The first-order chi connectivity index (χ1) is 9.63. The summed E-state index contributed by atoms with van der Waals surface area (Å²) in [6.45, 7) is 2.24. The van der Waals surface area contributed by atoms with Gasteiger partial charge in [0.1, 0.15) is 10.6 Å². The molecule has 1 heterocycles. The highest BCUT2D eigenvalue weighted by Crippen LogP contribution is 2.22. The summed E-state index contributed by atoms with van der Waals surface area (Å²) in [5, 5.41) is 3.23.